The van der Waals surface area contributed by atoms with Gasteiger partial charge in [-0.05, 0) is 30.3 Å². The van der Waals surface area contributed by atoms with Crippen molar-refractivity contribution in [3.8, 4) is 17.2 Å². The van der Waals surface area contributed by atoms with Crippen LogP contribution in [0.1, 0.15) is 0 Å². The van der Waals surface area contributed by atoms with Gasteiger partial charge < -0.3 is 19.1 Å². The highest BCUT2D eigenvalue weighted by molar-refractivity contribution is 6.07. The second-order valence-electron chi connectivity index (χ2n) is 7.59. The maximum atomic E-state index is 13.4. The zero-order chi connectivity index (χ0) is 24.5. The predicted octanol–water partition coefficient (Wildman–Crippen LogP) is 4.21. The second kappa shape index (κ2) is 9.45. The van der Waals surface area contributed by atoms with Crippen LogP contribution in [0, 0.1) is 11.6 Å². The van der Waals surface area contributed by atoms with Gasteiger partial charge in [0, 0.05) is 30.9 Å². The van der Waals surface area contributed by atoms with E-state index in [4.69, 9.17) is 9.47 Å². The van der Waals surface area contributed by atoms with Crippen molar-refractivity contribution in [1.82, 2.24) is 4.90 Å². The summed E-state index contributed by atoms with van der Waals surface area (Å²) in [6.45, 7) is -3.80. The van der Waals surface area contributed by atoms with Crippen molar-refractivity contribution in [2.24, 2.45) is 0 Å². The smallest absolute Gasteiger partial charge is 0.387 e. The highest BCUT2D eigenvalue weighted by Gasteiger charge is 2.43. The standard InChI is InChI=1S/C22H18F6N2O4/c23-15-3-2-14(10-16(15)24)33-18-5-6-30(20(18)31)13-1-4-17(19(9-13)34-21(25)26)32-8-7-29-11-22(27,28)12-29/h1-5,9-10,21H,6-8,11-12H2. The summed E-state index contributed by atoms with van der Waals surface area (Å²) in [6, 6.07) is 6.70. The Balaban J connectivity index is 1.42. The molecule has 0 spiro atoms. The Bertz CT molecular complexity index is 1100. The number of alkyl halides is 4. The zero-order valence-electron chi connectivity index (χ0n) is 17.4. The first kappa shape index (κ1) is 23.7. The molecule has 182 valence electrons. The summed E-state index contributed by atoms with van der Waals surface area (Å²) in [5.41, 5.74) is 0.190. The van der Waals surface area contributed by atoms with Crippen LogP contribution in [-0.2, 0) is 4.79 Å². The highest BCUT2D eigenvalue weighted by Crippen LogP contribution is 2.35. The number of halogens is 6. The number of carbonyl (C=O) groups excluding carboxylic acids is 1. The minimum absolute atomic E-state index is 0.0232. The molecule has 2 heterocycles. The van der Waals surface area contributed by atoms with Crippen molar-refractivity contribution in [2.75, 3.05) is 37.7 Å². The van der Waals surface area contributed by atoms with Crippen molar-refractivity contribution < 1.29 is 45.3 Å². The molecule has 0 bridgehead atoms. The fourth-order valence-electron chi connectivity index (χ4n) is 3.48. The number of hydrogen-bond donors (Lipinski definition) is 0. The first-order valence-electron chi connectivity index (χ1n) is 10.1. The maximum Gasteiger partial charge on any atom is 0.387 e. The van der Waals surface area contributed by atoms with E-state index in [0.29, 0.717) is 0 Å². The third kappa shape index (κ3) is 5.38. The summed E-state index contributed by atoms with van der Waals surface area (Å²) < 4.78 is 93.3. The SMILES string of the molecule is O=C1C(Oc2ccc(F)c(F)c2)=CCN1c1ccc(OCCN2CC(F)(F)C2)c(OC(F)F)c1. The number of hydrogen-bond acceptors (Lipinski definition) is 5. The van der Waals surface area contributed by atoms with Crippen molar-refractivity contribution in [1.29, 1.82) is 0 Å². The van der Waals surface area contributed by atoms with Crippen LogP contribution >= 0.6 is 0 Å². The van der Waals surface area contributed by atoms with Crippen LogP contribution in [0.4, 0.5) is 32.0 Å². The molecule has 0 saturated carbocycles. The number of likely N-dealkylation sites (tertiary alicyclic amines) is 1. The van der Waals surface area contributed by atoms with Gasteiger partial charge in [0.1, 0.15) is 12.4 Å². The minimum atomic E-state index is -3.17. The molecule has 0 unspecified atom stereocenters. The van der Waals surface area contributed by atoms with Gasteiger partial charge in [-0.3, -0.25) is 9.69 Å². The average Bonchev–Trinajstić information content (AvgIpc) is 3.10. The number of carbonyl (C=O) groups is 1. The van der Waals surface area contributed by atoms with E-state index in [-0.39, 0.29) is 48.4 Å². The van der Waals surface area contributed by atoms with E-state index in [2.05, 4.69) is 4.74 Å². The summed E-state index contributed by atoms with van der Waals surface area (Å²) in [7, 11) is 0. The zero-order valence-corrected chi connectivity index (χ0v) is 17.4. The lowest BCUT2D eigenvalue weighted by Crippen LogP contribution is -2.57. The van der Waals surface area contributed by atoms with Crippen LogP contribution in [0.5, 0.6) is 17.2 Å². The molecule has 0 atom stereocenters. The Hall–Kier alpha value is -3.41. The Morgan fingerprint density at radius 1 is 1.00 bits per heavy atom. The summed E-state index contributed by atoms with van der Waals surface area (Å²) in [5.74, 6) is -6.22. The molecule has 6 nitrogen and oxygen atoms in total. The molecule has 0 aromatic heterocycles. The van der Waals surface area contributed by atoms with E-state index < -0.39 is 43.2 Å². The van der Waals surface area contributed by atoms with Crippen LogP contribution in [0.3, 0.4) is 0 Å². The normalized spacial score (nSPS) is 17.6. The number of anilines is 1. The third-order valence-corrected chi connectivity index (χ3v) is 5.06. The van der Waals surface area contributed by atoms with E-state index in [9.17, 15) is 31.1 Å². The van der Waals surface area contributed by atoms with Gasteiger partial charge in [-0.2, -0.15) is 8.78 Å². The highest BCUT2D eigenvalue weighted by atomic mass is 19.3. The molecule has 4 rings (SSSR count). The lowest BCUT2D eigenvalue weighted by atomic mass is 10.1. The summed E-state index contributed by atoms with van der Waals surface area (Å²) in [4.78, 5) is 15.3. The number of nitrogens with zero attached hydrogens (tertiary/aromatic N) is 2. The minimum Gasteiger partial charge on any atom is -0.488 e. The van der Waals surface area contributed by atoms with Crippen molar-refractivity contribution >= 4 is 11.6 Å². The Labute approximate surface area is 189 Å². The largest absolute Gasteiger partial charge is 0.488 e. The van der Waals surface area contributed by atoms with Gasteiger partial charge in [0.15, 0.2) is 28.9 Å². The molecule has 1 amide bonds. The van der Waals surface area contributed by atoms with Crippen LogP contribution in [0.15, 0.2) is 48.2 Å². The van der Waals surface area contributed by atoms with E-state index in [1.165, 1.54) is 34.1 Å². The van der Waals surface area contributed by atoms with Gasteiger partial charge in [-0.25, -0.2) is 17.6 Å². The topological polar surface area (TPSA) is 51.2 Å². The van der Waals surface area contributed by atoms with Crippen molar-refractivity contribution in [3.63, 3.8) is 0 Å². The molecule has 2 aliphatic heterocycles. The Morgan fingerprint density at radius 3 is 2.44 bits per heavy atom. The van der Waals surface area contributed by atoms with E-state index in [1.807, 2.05) is 0 Å². The fraction of sp³-hybridized carbons (Fsp3) is 0.318. The lowest BCUT2D eigenvalue weighted by molar-refractivity contribution is -0.132. The molecule has 0 radical (unpaired) electrons. The van der Waals surface area contributed by atoms with Crippen molar-refractivity contribution in [3.05, 3.63) is 59.9 Å². The van der Waals surface area contributed by atoms with Gasteiger partial charge in [0.2, 0.25) is 0 Å². The molecule has 1 fully saturated rings. The maximum absolute atomic E-state index is 13.4. The Kier molecular flexibility index (Phi) is 6.60. The fourth-order valence-corrected chi connectivity index (χ4v) is 3.48. The van der Waals surface area contributed by atoms with Crippen LogP contribution in [-0.4, -0.2) is 56.1 Å². The molecule has 12 heteroatoms. The summed E-state index contributed by atoms with van der Waals surface area (Å²) >= 11 is 0. The number of benzene rings is 2. The summed E-state index contributed by atoms with van der Waals surface area (Å²) in [6.07, 6.45) is 1.39. The van der Waals surface area contributed by atoms with Gasteiger partial charge in [0.25, 0.3) is 11.8 Å². The molecule has 2 aromatic rings. The van der Waals surface area contributed by atoms with E-state index in [0.717, 1.165) is 18.2 Å². The molecular weight excluding hydrogens is 470 g/mol. The first-order valence-corrected chi connectivity index (χ1v) is 10.1. The van der Waals surface area contributed by atoms with Crippen LogP contribution in [0.25, 0.3) is 0 Å². The van der Waals surface area contributed by atoms with E-state index in [1.54, 1.807) is 0 Å². The second-order valence-corrected chi connectivity index (χ2v) is 7.59. The van der Waals surface area contributed by atoms with Crippen molar-refractivity contribution in [2.45, 2.75) is 12.5 Å². The molecule has 34 heavy (non-hydrogen) atoms. The third-order valence-electron chi connectivity index (χ3n) is 5.06. The first-order chi connectivity index (χ1) is 16.1. The molecule has 0 N–H and O–H groups in total. The monoisotopic (exact) mass is 488 g/mol. The summed E-state index contributed by atoms with van der Waals surface area (Å²) in [5, 5.41) is 0. The molecule has 2 aliphatic rings. The lowest BCUT2D eigenvalue weighted by Gasteiger charge is -2.38. The Morgan fingerprint density at radius 2 is 1.76 bits per heavy atom. The average molecular weight is 488 g/mol. The van der Waals surface area contributed by atoms with Gasteiger partial charge in [-0.15, -0.1) is 0 Å². The van der Waals surface area contributed by atoms with Crippen LogP contribution in [0.2, 0.25) is 0 Å². The number of amides is 1. The predicted molar refractivity (Wildman–Crippen MR) is 107 cm³/mol. The van der Waals surface area contributed by atoms with E-state index >= 15 is 0 Å². The molecule has 0 aliphatic carbocycles. The molecule has 2 aromatic carbocycles. The molecular formula is C22H18F6N2O4. The number of ether oxygens (including phenoxy) is 3. The van der Waals surface area contributed by atoms with Gasteiger partial charge in [-0.1, -0.05) is 0 Å². The van der Waals surface area contributed by atoms with Gasteiger partial charge >= 0.3 is 6.61 Å². The quantitative estimate of drug-likeness (QED) is 0.496. The van der Waals surface area contributed by atoms with Crippen LogP contribution < -0.4 is 19.1 Å². The van der Waals surface area contributed by atoms with Gasteiger partial charge in [0.05, 0.1) is 13.1 Å². The molecule has 1 saturated heterocycles. The number of rotatable bonds is 9.